The maximum absolute atomic E-state index is 6.50. The fraction of sp³-hybridized carbons (Fsp3) is 0. The van der Waals surface area contributed by atoms with Crippen molar-refractivity contribution in [3.8, 4) is 11.5 Å². The van der Waals surface area contributed by atoms with Crippen LogP contribution >= 0.6 is 11.3 Å². The number of aromatic nitrogens is 1. The molecule has 0 aliphatic heterocycles. The lowest BCUT2D eigenvalue weighted by atomic mass is 10.0. The number of fused-ring (bicyclic) bond motifs is 6. The highest BCUT2D eigenvalue weighted by Crippen LogP contribution is 2.44. The average molecular weight is 519 g/mol. The van der Waals surface area contributed by atoms with Gasteiger partial charge in [-0.25, -0.2) is 4.98 Å². The van der Waals surface area contributed by atoms with E-state index in [1.54, 1.807) is 0 Å². The van der Waals surface area contributed by atoms with Gasteiger partial charge in [-0.05, 0) is 60.0 Å². The molecule has 0 atom stereocenters. The third kappa shape index (κ3) is 3.61. The molecule has 8 rings (SSSR count). The zero-order valence-electron chi connectivity index (χ0n) is 20.9. The monoisotopic (exact) mass is 518 g/mol. The number of oxazole rings is 1. The van der Waals surface area contributed by atoms with Crippen LogP contribution in [0.5, 0.6) is 0 Å². The molecule has 0 unspecified atom stereocenters. The van der Waals surface area contributed by atoms with Crippen LogP contribution in [-0.4, -0.2) is 4.98 Å². The van der Waals surface area contributed by atoms with Crippen molar-refractivity contribution >= 4 is 70.4 Å². The highest BCUT2D eigenvalue weighted by molar-refractivity contribution is 7.25. The van der Waals surface area contributed by atoms with Gasteiger partial charge >= 0.3 is 0 Å². The van der Waals surface area contributed by atoms with Crippen molar-refractivity contribution in [2.24, 2.45) is 0 Å². The first-order valence-electron chi connectivity index (χ1n) is 13.0. The second kappa shape index (κ2) is 8.83. The third-order valence-corrected chi connectivity index (χ3v) is 8.41. The summed E-state index contributed by atoms with van der Waals surface area (Å²) in [7, 11) is 0. The summed E-state index contributed by atoms with van der Waals surface area (Å²) in [6.07, 6.45) is 0. The van der Waals surface area contributed by atoms with Gasteiger partial charge in [0.2, 0.25) is 5.89 Å². The molecule has 39 heavy (non-hydrogen) atoms. The van der Waals surface area contributed by atoms with E-state index in [9.17, 15) is 0 Å². The lowest BCUT2D eigenvalue weighted by Crippen LogP contribution is -2.10. The summed E-state index contributed by atoms with van der Waals surface area (Å²) < 4.78 is 9.08. The minimum Gasteiger partial charge on any atom is -0.435 e. The van der Waals surface area contributed by atoms with Crippen LogP contribution < -0.4 is 4.90 Å². The lowest BCUT2D eigenvalue weighted by molar-refractivity contribution is 0.623. The van der Waals surface area contributed by atoms with Gasteiger partial charge in [-0.2, -0.15) is 0 Å². The van der Waals surface area contributed by atoms with Gasteiger partial charge in [0, 0.05) is 37.1 Å². The van der Waals surface area contributed by atoms with Gasteiger partial charge in [-0.1, -0.05) is 78.9 Å². The summed E-state index contributed by atoms with van der Waals surface area (Å²) in [5.74, 6) is 0.630. The van der Waals surface area contributed by atoms with E-state index < -0.39 is 0 Å². The standard InChI is InChI=1S/C35H22N2OS/c1-3-10-24(11-4-1)35-36-29-21-18-23-12-9-16-30(33(23)34(29)38-35)37(25-13-5-2-6-14-25)26-19-20-28-27-15-7-8-17-31(27)39-32(28)22-26/h1-22H. The minimum atomic E-state index is 0.630. The molecule has 4 heteroatoms. The second-order valence-electron chi connectivity index (χ2n) is 9.62. The van der Waals surface area contributed by atoms with Gasteiger partial charge in [-0.15, -0.1) is 11.3 Å². The van der Waals surface area contributed by atoms with Crippen LogP contribution in [0, 0.1) is 0 Å². The molecule has 0 saturated heterocycles. The Morgan fingerprint density at radius 3 is 2.23 bits per heavy atom. The van der Waals surface area contributed by atoms with Gasteiger partial charge in [-0.3, -0.25) is 0 Å². The molecule has 0 bridgehead atoms. The predicted octanol–water partition coefficient (Wildman–Crippen LogP) is 10.5. The number of rotatable bonds is 4. The molecular weight excluding hydrogens is 496 g/mol. The van der Waals surface area contributed by atoms with Crippen LogP contribution in [0.1, 0.15) is 0 Å². The topological polar surface area (TPSA) is 29.3 Å². The predicted molar refractivity (Wildman–Crippen MR) is 165 cm³/mol. The third-order valence-electron chi connectivity index (χ3n) is 7.27. The smallest absolute Gasteiger partial charge is 0.227 e. The minimum absolute atomic E-state index is 0.630. The fourth-order valence-corrected chi connectivity index (χ4v) is 6.62. The second-order valence-corrected chi connectivity index (χ2v) is 10.7. The Kier molecular flexibility index (Phi) is 5.00. The van der Waals surface area contributed by atoms with E-state index in [1.165, 1.54) is 20.2 Å². The maximum Gasteiger partial charge on any atom is 0.227 e. The Morgan fingerprint density at radius 2 is 1.36 bits per heavy atom. The first-order chi connectivity index (χ1) is 19.3. The van der Waals surface area contributed by atoms with Crippen molar-refractivity contribution in [2.45, 2.75) is 0 Å². The summed E-state index contributed by atoms with van der Waals surface area (Å²) in [6, 6.07) is 46.7. The van der Waals surface area contributed by atoms with Crippen molar-refractivity contribution in [3.63, 3.8) is 0 Å². The SMILES string of the molecule is c1ccc(-c2nc3ccc4cccc(N(c5ccccc5)c5ccc6c(c5)sc5ccccc56)c4c3o2)cc1. The average Bonchev–Trinajstić information content (AvgIpc) is 3.60. The Bertz CT molecular complexity index is 2130. The van der Waals surface area contributed by atoms with Crippen molar-refractivity contribution in [1.29, 1.82) is 0 Å². The normalized spacial score (nSPS) is 11.6. The van der Waals surface area contributed by atoms with Gasteiger partial charge in [0.1, 0.15) is 5.52 Å². The molecule has 2 aromatic heterocycles. The van der Waals surface area contributed by atoms with Crippen molar-refractivity contribution < 1.29 is 4.42 Å². The quantitative estimate of drug-likeness (QED) is 0.232. The van der Waals surface area contributed by atoms with E-state index >= 15 is 0 Å². The lowest BCUT2D eigenvalue weighted by Gasteiger charge is -2.26. The first-order valence-corrected chi connectivity index (χ1v) is 13.8. The molecule has 6 aromatic carbocycles. The zero-order chi connectivity index (χ0) is 25.8. The van der Waals surface area contributed by atoms with E-state index in [2.05, 4.69) is 102 Å². The molecule has 8 aromatic rings. The highest BCUT2D eigenvalue weighted by atomic mass is 32.1. The number of nitrogens with zero attached hydrogens (tertiary/aromatic N) is 2. The number of anilines is 3. The number of benzene rings is 6. The van der Waals surface area contributed by atoms with Gasteiger partial charge in [0.05, 0.1) is 11.1 Å². The summed E-state index contributed by atoms with van der Waals surface area (Å²) in [5.41, 5.74) is 5.86. The molecule has 0 spiro atoms. The van der Waals surface area contributed by atoms with Crippen LogP contribution in [0.15, 0.2) is 138 Å². The van der Waals surface area contributed by atoms with Gasteiger partial charge in [0.25, 0.3) is 0 Å². The Hall–Kier alpha value is -4.93. The molecular formula is C35H22N2OS. The van der Waals surface area contributed by atoms with Crippen molar-refractivity contribution in [3.05, 3.63) is 133 Å². The first kappa shape index (κ1) is 22.1. The Balaban J connectivity index is 1.40. The van der Waals surface area contributed by atoms with E-state index in [0.717, 1.165) is 44.5 Å². The zero-order valence-corrected chi connectivity index (χ0v) is 21.7. The number of para-hydroxylation sites is 1. The molecule has 0 fully saturated rings. The summed E-state index contributed by atoms with van der Waals surface area (Å²) >= 11 is 1.84. The van der Waals surface area contributed by atoms with Crippen LogP contribution in [0.25, 0.3) is 53.5 Å². The van der Waals surface area contributed by atoms with E-state index in [-0.39, 0.29) is 0 Å². The molecule has 0 radical (unpaired) electrons. The summed E-state index contributed by atoms with van der Waals surface area (Å²) in [6.45, 7) is 0. The van der Waals surface area contributed by atoms with Crippen molar-refractivity contribution in [1.82, 2.24) is 4.98 Å². The van der Waals surface area contributed by atoms with Crippen LogP contribution in [-0.2, 0) is 0 Å². The van der Waals surface area contributed by atoms with Gasteiger partial charge < -0.3 is 9.32 Å². The van der Waals surface area contributed by atoms with E-state index in [1.807, 2.05) is 47.7 Å². The molecule has 2 heterocycles. The number of hydrogen-bond donors (Lipinski definition) is 0. The molecule has 0 N–H and O–H groups in total. The summed E-state index contributed by atoms with van der Waals surface area (Å²) in [4.78, 5) is 7.19. The molecule has 0 saturated carbocycles. The van der Waals surface area contributed by atoms with Crippen LogP contribution in [0.4, 0.5) is 17.1 Å². The number of thiophene rings is 1. The molecule has 3 nitrogen and oxygen atoms in total. The fourth-order valence-electron chi connectivity index (χ4n) is 5.49. The van der Waals surface area contributed by atoms with Crippen molar-refractivity contribution in [2.75, 3.05) is 4.90 Å². The molecule has 0 aliphatic rings. The largest absolute Gasteiger partial charge is 0.435 e. The maximum atomic E-state index is 6.50. The Labute approximate surface area is 229 Å². The van der Waals surface area contributed by atoms with E-state index in [4.69, 9.17) is 9.40 Å². The summed E-state index contributed by atoms with van der Waals surface area (Å²) in [5, 5.41) is 4.75. The number of hydrogen-bond acceptors (Lipinski definition) is 4. The molecule has 184 valence electrons. The molecule has 0 aliphatic carbocycles. The highest BCUT2D eigenvalue weighted by Gasteiger charge is 2.20. The Morgan fingerprint density at radius 1 is 0.590 bits per heavy atom. The van der Waals surface area contributed by atoms with Crippen LogP contribution in [0.2, 0.25) is 0 Å². The van der Waals surface area contributed by atoms with E-state index in [0.29, 0.717) is 5.89 Å². The molecule has 0 amide bonds. The van der Waals surface area contributed by atoms with Gasteiger partial charge in [0.15, 0.2) is 5.58 Å². The van der Waals surface area contributed by atoms with Crippen LogP contribution in [0.3, 0.4) is 0 Å².